The lowest BCUT2D eigenvalue weighted by Crippen LogP contribution is -2.15. The van der Waals surface area contributed by atoms with Crippen molar-refractivity contribution in [3.63, 3.8) is 0 Å². The number of alkyl halides is 3. The second kappa shape index (κ2) is 7.06. The van der Waals surface area contributed by atoms with Gasteiger partial charge >= 0.3 is 6.18 Å². The number of halogens is 5. The van der Waals surface area contributed by atoms with Gasteiger partial charge in [-0.05, 0) is 36.8 Å². The van der Waals surface area contributed by atoms with Crippen LogP contribution in [0.15, 0.2) is 42.6 Å². The van der Waals surface area contributed by atoms with Gasteiger partial charge in [0.15, 0.2) is 5.69 Å². The summed E-state index contributed by atoms with van der Waals surface area (Å²) in [6, 6.07) is 7.32. The number of benzene rings is 2. The van der Waals surface area contributed by atoms with Crippen molar-refractivity contribution in [2.24, 2.45) is 7.05 Å². The minimum Gasteiger partial charge on any atom is -0.322 e. The molecule has 3 aromatic rings. The van der Waals surface area contributed by atoms with Crippen LogP contribution in [0.3, 0.4) is 0 Å². The molecule has 1 aromatic heterocycles. The molecule has 0 saturated heterocycles. The number of carbonyl (C=O) groups is 1. The lowest BCUT2D eigenvalue weighted by Gasteiger charge is -2.11. The molecule has 3 rings (SSSR count). The Morgan fingerprint density at radius 2 is 1.79 bits per heavy atom. The number of carbonyl (C=O) groups excluding carboxylic acids is 1. The summed E-state index contributed by atoms with van der Waals surface area (Å²) in [6.07, 6.45) is -3.69. The Labute approximate surface area is 156 Å². The van der Waals surface area contributed by atoms with Gasteiger partial charge < -0.3 is 5.32 Å². The third kappa shape index (κ3) is 3.73. The van der Waals surface area contributed by atoms with Crippen molar-refractivity contribution in [2.45, 2.75) is 13.1 Å². The molecule has 2 aromatic carbocycles. The number of aromatic nitrogens is 2. The van der Waals surface area contributed by atoms with Crippen LogP contribution in [0.4, 0.5) is 27.6 Å². The topological polar surface area (TPSA) is 46.9 Å². The van der Waals surface area contributed by atoms with E-state index in [-0.39, 0.29) is 16.8 Å². The van der Waals surface area contributed by atoms with E-state index in [4.69, 9.17) is 0 Å². The monoisotopic (exact) mass is 395 g/mol. The summed E-state index contributed by atoms with van der Waals surface area (Å²) in [6.45, 7) is 1.54. The van der Waals surface area contributed by atoms with Crippen molar-refractivity contribution in [3.05, 3.63) is 71.1 Å². The minimum absolute atomic E-state index is 0.0219. The van der Waals surface area contributed by atoms with Crippen molar-refractivity contribution >= 4 is 11.6 Å². The second-order valence-corrected chi connectivity index (χ2v) is 6.14. The molecule has 4 nitrogen and oxygen atoms in total. The van der Waals surface area contributed by atoms with Crippen LogP contribution in [-0.2, 0) is 13.2 Å². The Morgan fingerprint density at radius 1 is 1.07 bits per heavy atom. The number of nitrogens with zero attached hydrogens (tertiary/aromatic N) is 2. The van der Waals surface area contributed by atoms with Crippen LogP contribution >= 0.6 is 0 Å². The molecule has 28 heavy (non-hydrogen) atoms. The van der Waals surface area contributed by atoms with Gasteiger partial charge in [-0.25, -0.2) is 8.78 Å². The van der Waals surface area contributed by atoms with Gasteiger partial charge in [-0.15, -0.1) is 0 Å². The number of hydrogen-bond acceptors (Lipinski definition) is 2. The van der Waals surface area contributed by atoms with Crippen LogP contribution in [0.5, 0.6) is 0 Å². The summed E-state index contributed by atoms with van der Waals surface area (Å²) in [7, 11) is 1.29. The Morgan fingerprint density at radius 3 is 2.39 bits per heavy atom. The standard InChI is InChI=1S/C19H14F5N3O/c1-10-4-3-5-14(20)16(10)18(28)25-11-6-7-12(15(21)8-11)13-9-27(2)26-17(13)19(22,23)24/h3-9H,1-2H3,(H,25,28). The van der Waals surface area contributed by atoms with Gasteiger partial charge in [0.2, 0.25) is 0 Å². The summed E-state index contributed by atoms with van der Waals surface area (Å²) >= 11 is 0. The Hall–Kier alpha value is -3.23. The zero-order chi connectivity index (χ0) is 20.6. The second-order valence-electron chi connectivity index (χ2n) is 6.14. The molecular formula is C19H14F5N3O. The summed E-state index contributed by atoms with van der Waals surface area (Å²) in [4.78, 5) is 12.3. The lowest BCUT2D eigenvalue weighted by atomic mass is 10.0. The van der Waals surface area contributed by atoms with Crippen LogP contribution in [0.25, 0.3) is 11.1 Å². The van der Waals surface area contributed by atoms with Gasteiger partial charge in [-0.1, -0.05) is 12.1 Å². The Balaban J connectivity index is 1.93. The number of anilines is 1. The van der Waals surface area contributed by atoms with Crippen LogP contribution in [-0.4, -0.2) is 15.7 Å². The highest BCUT2D eigenvalue weighted by atomic mass is 19.4. The fourth-order valence-electron chi connectivity index (χ4n) is 2.82. The van der Waals surface area contributed by atoms with Gasteiger partial charge in [-0.3, -0.25) is 9.48 Å². The van der Waals surface area contributed by atoms with Crippen LogP contribution < -0.4 is 5.32 Å². The minimum atomic E-state index is -4.75. The summed E-state index contributed by atoms with van der Waals surface area (Å²) in [5.41, 5.74) is -1.78. The molecule has 146 valence electrons. The number of rotatable bonds is 3. The SMILES string of the molecule is Cc1cccc(F)c1C(=O)Nc1ccc(-c2cn(C)nc2C(F)(F)F)c(F)c1. The Kier molecular flexibility index (Phi) is 4.93. The summed E-state index contributed by atoms with van der Waals surface area (Å²) in [5.74, 6) is -2.51. The van der Waals surface area contributed by atoms with Crippen LogP contribution in [0.2, 0.25) is 0 Å². The fraction of sp³-hybridized carbons (Fsp3) is 0.158. The van der Waals surface area contributed by atoms with Crippen LogP contribution in [0, 0.1) is 18.6 Å². The van der Waals surface area contributed by atoms with E-state index >= 15 is 0 Å². The molecule has 0 spiro atoms. The highest BCUT2D eigenvalue weighted by Gasteiger charge is 2.37. The molecule has 1 N–H and O–H groups in total. The average molecular weight is 395 g/mol. The molecule has 0 fully saturated rings. The summed E-state index contributed by atoms with van der Waals surface area (Å²) < 4.78 is 68.6. The van der Waals surface area contributed by atoms with Gasteiger partial charge in [0, 0.05) is 30.1 Å². The molecule has 0 aliphatic rings. The number of nitrogens with one attached hydrogen (secondary N) is 1. The van der Waals surface area contributed by atoms with E-state index in [1.807, 2.05) is 0 Å². The lowest BCUT2D eigenvalue weighted by molar-refractivity contribution is -0.141. The predicted octanol–water partition coefficient (Wildman–Crippen LogP) is 4.94. The maximum absolute atomic E-state index is 14.5. The molecular weight excluding hydrogens is 381 g/mol. The molecule has 0 atom stereocenters. The van der Waals surface area contributed by atoms with Crippen molar-refractivity contribution < 1.29 is 26.7 Å². The molecule has 0 aliphatic carbocycles. The number of hydrogen-bond donors (Lipinski definition) is 1. The van der Waals surface area contributed by atoms with Crippen molar-refractivity contribution in [1.82, 2.24) is 9.78 Å². The highest BCUT2D eigenvalue weighted by molar-refractivity contribution is 6.05. The average Bonchev–Trinajstić information content (AvgIpc) is 2.96. The first-order valence-corrected chi connectivity index (χ1v) is 8.05. The maximum atomic E-state index is 14.5. The van der Waals surface area contributed by atoms with E-state index in [2.05, 4.69) is 10.4 Å². The first kappa shape index (κ1) is 19.5. The van der Waals surface area contributed by atoms with E-state index in [1.165, 1.54) is 19.2 Å². The van der Waals surface area contributed by atoms with E-state index in [0.717, 1.165) is 29.1 Å². The van der Waals surface area contributed by atoms with Gasteiger partial charge in [0.1, 0.15) is 11.6 Å². The van der Waals surface area contributed by atoms with Crippen LogP contribution in [0.1, 0.15) is 21.6 Å². The largest absolute Gasteiger partial charge is 0.435 e. The van der Waals surface area contributed by atoms with E-state index < -0.39 is 35.0 Å². The van der Waals surface area contributed by atoms with E-state index in [0.29, 0.717) is 5.56 Å². The van der Waals surface area contributed by atoms with Crippen molar-refractivity contribution in [2.75, 3.05) is 5.32 Å². The third-order valence-electron chi connectivity index (χ3n) is 4.06. The normalized spacial score (nSPS) is 11.5. The summed E-state index contributed by atoms with van der Waals surface area (Å²) in [5, 5.41) is 5.69. The fourth-order valence-corrected chi connectivity index (χ4v) is 2.82. The predicted molar refractivity (Wildman–Crippen MR) is 92.7 cm³/mol. The molecule has 1 heterocycles. The van der Waals surface area contributed by atoms with Gasteiger partial charge in [0.25, 0.3) is 5.91 Å². The zero-order valence-electron chi connectivity index (χ0n) is 14.7. The van der Waals surface area contributed by atoms with Gasteiger partial charge in [0.05, 0.1) is 5.56 Å². The zero-order valence-corrected chi connectivity index (χ0v) is 14.7. The van der Waals surface area contributed by atoms with Gasteiger partial charge in [-0.2, -0.15) is 18.3 Å². The molecule has 0 unspecified atom stereocenters. The number of aryl methyl sites for hydroxylation is 2. The van der Waals surface area contributed by atoms with E-state index in [9.17, 15) is 26.7 Å². The number of amides is 1. The Bertz CT molecular complexity index is 1040. The first-order chi connectivity index (χ1) is 13.1. The maximum Gasteiger partial charge on any atom is 0.435 e. The highest BCUT2D eigenvalue weighted by Crippen LogP contribution is 2.37. The molecule has 0 aliphatic heterocycles. The first-order valence-electron chi connectivity index (χ1n) is 8.05. The molecule has 0 bridgehead atoms. The molecule has 1 amide bonds. The molecule has 0 saturated carbocycles. The third-order valence-corrected chi connectivity index (χ3v) is 4.06. The van der Waals surface area contributed by atoms with Crippen molar-refractivity contribution in [1.29, 1.82) is 0 Å². The van der Waals surface area contributed by atoms with E-state index in [1.54, 1.807) is 13.0 Å². The quantitative estimate of drug-likeness (QED) is 0.639. The van der Waals surface area contributed by atoms with Crippen molar-refractivity contribution in [3.8, 4) is 11.1 Å². The molecule has 0 radical (unpaired) electrons. The smallest absolute Gasteiger partial charge is 0.322 e. The molecule has 9 heteroatoms.